The van der Waals surface area contributed by atoms with Crippen LogP contribution in [0.1, 0.15) is 20.8 Å². The van der Waals surface area contributed by atoms with Crippen LogP contribution in [-0.2, 0) is 4.79 Å². The molecule has 0 aliphatic carbocycles. The van der Waals surface area contributed by atoms with Crippen molar-refractivity contribution in [3.63, 3.8) is 0 Å². The number of benzene rings is 1. The van der Waals surface area contributed by atoms with Crippen LogP contribution in [0.25, 0.3) is 11.0 Å². The van der Waals surface area contributed by atoms with E-state index >= 15 is 0 Å². The number of imidazole rings is 1. The van der Waals surface area contributed by atoms with Gasteiger partial charge in [-0.1, -0.05) is 36.9 Å². The number of nitrogens with one attached hydrogen (secondary N) is 4. The molecule has 1 aromatic carbocycles. The van der Waals surface area contributed by atoms with E-state index in [0.29, 0.717) is 22.6 Å². The van der Waals surface area contributed by atoms with Crippen molar-refractivity contribution >= 4 is 50.9 Å². The highest BCUT2D eigenvalue weighted by atomic mass is 32.2. The van der Waals surface area contributed by atoms with Crippen LogP contribution in [0.3, 0.4) is 0 Å². The van der Waals surface area contributed by atoms with Crippen LogP contribution in [-0.4, -0.2) is 37.9 Å². The Morgan fingerprint density at radius 2 is 2.00 bits per heavy atom. The third kappa shape index (κ3) is 4.64. The minimum absolute atomic E-state index is 0.140. The Labute approximate surface area is 158 Å². The minimum Gasteiger partial charge on any atom is -0.360 e. The van der Waals surface area contributed by atoms with Gasteiger partial charge in [-0.2, -0.15) is 0 Å². The Morgan fingerprint density at radius 1 is 1.23 bits per heavy atom. The van der Waals surface area contributed by atoms with Gasteiger partial charge < -0.3 is 20.6 Å². The number of nitrogens with zero attached hydrogens (tertiary/aromatic N) is 2. The van der Waals surface area contributed by atoms with Crippen LogP contribution in [0.4, 0.5) is 10.8 Å². The first-order valence-corrected chi connectivity index (χ1v) is 9.87. The van der Waals surface area contributed by atoms with Crippen LogP contribution >= 0.6 is 23.1 Å². The summed E-state index contributed by atoms with van der Waals surface area (Å²) < 4.78 is 0.740. The van der Waals surface area contributed by atoms with E-state index in [1.54, 1.807) is 18.2 Å². The summed E-state index contributed by atoms with van der Waals surface area (Å²) >= 11 is 2.80. The maximum Gasteiger partial charge on any atom is 0.323 e. The highest BCUT2D eigenvalue weighted by molar-refractivity contribution is 8.02. The number of H-pyrrole nitrogens is 2. The van der Waals surface area contributed by atoms with E-state index in [4.69, 9.17) is 0 Å². The molecular formula is C16H20N6O2S2. The number of aromatic amines is 2. The molecule has 4 N–H and O–H groups in total. The number of fused-ring (bicyclic) bond motifs is 1. The molecule has 8 nitrogen and oxygen atoms in total. The van der Waals surface area contributed by atoms with Gasteiger partial charge in [0, 0.05) is 12.2 Å². The summed E-state index contributed by atoms with van der Waals surface area (Å²) in [6.45, 7) is 6.89. The molecule has 1 atom stereocenters. The van der Waals surface area contributed by atoms with Gasteiger partial charge in [-0.05, 0) is 31.0 Å². The fraction of sp³-hybridized carbons (Fsp3) is 0.375. The zero-order valence-corrected chi connectivity index (χ0v) is 16.3. The standard InChI is InChI=1S/C16H20N6O2S2/c1-8(2)7-17-15-21-22-16(26-15)25-9(3)13(23)18-10-4-5-11-12(6-10)20-14(24)19-11/h4-6,8-9H,7H2,1-3H3,(H,17,21)(H,18,23)(H2,19,20,24)/t9-/m1/s1. The molecule has 0 saturated heterocycles. The lowest BCUT2D eigenvalue weighted by Gasteiger charge is -2.10. The van der Waals surface area contributed by atoms with Gasteiger partial charge in [0.05, 0.1) is 16.3 Å². The largest absolute Gasteiger partial charge is 0.360 e. The predicted molar refractivity (Wildman–Crippen MR) is 106 cm³/mol. The predicted octanol–water partition coefficient (Wildman–Crippen LogP) is 2.89. The molecule has 0 aliphatic rings. The fourth-order valence-corrected chi connectivity index (χ4v) is 4.08. The van der Waals surface area contributed by atoms with E-state index in [2.05, 4.69) is 44.6 Å². The van der Waals surface area contributed by atoms with Crippen LogP contribution in [0, 0.1) is 5.92 Å². The Balaban J connectivity index is 1.59. The maximum atomic E-state index is 12.4. The van der Waals surface area contributed by atoms with Gasteiger partial charge in [-0.3, -0.25) is 4.79 Å². The highest BCUT2D eigenvalue weighted by Gasteiger charge is 2.17. The topological polar surface area (TPSA) is 116 Å². The van der Waals surface area contributed by atoms with Gasteiger partial charge in [-0.25, -0.2) is 4.79 Å². The van der Waals surface area contributed by atoms with Crippen LogP contribution in [0.15, 0.2) is 27.3 Å². The molecule has 0 saturated carbocycles. The Hall–Kier alpha value is -2.33. The van der Waals surface area contributed by atoms with E-state index in [0.717, 1.165) is 16.0 Å². The first-order valence-electron chi connectivity index (χ1n) is 8.17. The molecule has 138 valence electrons. The Kier molecular flexibility index (Phi) is 5.62. The summed E-state index contributed by atoms with van der Waals surface area (Å²) in [4.78, 5) is 29.0. The fourth-order valence-electron chi connectivity index (χ4n) is 2.18. The zero-order chi connectivity index (χ0) is 18.7. The quantitative estimate of drug-likeness (QED) is 0.460. The van der Waals surface area contributed by atoms with E-state index in [-0.39, 0.29) is 16.8 Å². The third-order valence-corrected chi connectivity index (χ3v) is 5.56. The van der Waals surface area contributed by atoms with Gasteiger partial charge in [0.25, 0.3) is 0 Å². The van der Waals surface area contributed by atoms with Gasteiger partial charge in [0.1, 0.15) is 0 Å². The van der Waals surface area contributed by atoms with Gasteiger partial charge in [0.15, 0.2) is 4.34 Å². The first-order chi connectivity index (χ1) is 12.4. The van der Waals surface area contributed by atoms with Gasteiger partial charge >= 0.3 is 5.69 Å². The highest BCUT2D eigenvalue weighted by Crippen LogP contribution is 2.29. The Morgan fingerprint density at radius 3 is 2.77 bits per heavy atom. The smallest absolute Gasteiger partial charge is 0.323 e. The Bertz CT molecular complexity index is 961. The molecule has 1 amide bonds. The lowest BCUT2D eigenvalue weighted by Crippen LogP contribution is -2.22. The van der Waals surface area contributed by atoms with Gasteiger partial charge in [-0.15, -0.1) is 10.2 Å². The number of thioether (sulfide) groups is 1. The normalized spacial score (nSPS) is 12.5. The molecular weight excluding hydrogens is 372 g/mol. The molecule has 0 unspecified atom stereocenters. The second-order valence-electron chi connectivity index (χ2n) is 6.24. The molecule has 26 heavy (non-hydrogen) atoms. The molecule has 3 rings (SSSR count). The second-order valence-corrected chi connectivity index (χ2v) is 8.80. The van der Waals surface area contributed by atoms with E-state index in [9.17, 15) is 9.59 Å². The number of hydrogen-bond acceptors (Lipinski definition) is 7. The monoisotopic (exact) mass is 392 g/mol. The molecule has 0 fully saturated rings. The number of hydrogen-bond donors (Lipinski definition) is 4. The summed E-state index contributed by atoms with van der Waals surface area (Å²) in [6, 6.07) is 5.22. The van der Waals surface area contributed by atoms with Gasteiger partial charge in [0.2, 0.25) is 11.0 Å². The van der Waals surface area contributed by atoms with E-state index < -0.39 is 0 Å². The minimum atomic E-state index is -0.332. The number of anilines is 2. The molecule has 10 heteroatoms. The third-order valence-electron chi connectivity index (χ3n) is 3.50. The SMILES string of the molecule is CC(C)CNc1nnc(S[C@H](C)C(=O)Nc2ccc3[nH]c(=O)[nH]c3c2)s1. The average Bonchev–Trinajstić information content (AvgIpc) is 3.17. The molecule has 0 aliphatic heterocycles. The van der Waals surface area contributed by atoms with Crippen LogP contribution < -0.4 is 16.3 Å². The lowest BCUT2D eigenvalue weighted by molar-refractivity contribution is -0.115. The molecule has 0 bridgehead atoms. The van der Waals surface area contributed by atoms with E-state index in [1.165, 1.54) is 23.1 Å². The first kappa shape index (κ1) is 18.5. The molecule has 3 aromatic rings. The average molecular weight is 393 g/mol. The number of amides is 1. The van der Waals surface area contributed by atoms with Crippen LogP contribution in [0.5, 0.6) is 0 Å². The molecule has 0 radical (unpaired) electrons. The van der Waals surface area contributed by atoms with Crippen molar-refractivity contribution in [3.05, 3.63) is 28.7 Å². The molecule has 2 heterocycles. The number of carbonyl (C=O) groups is 1. The number of rotatable bonds is 7. The molecule has 0 spiro atoms. The summed E-state index contributed by atoms with van der Waals surface area (Å²) in [5, 5.41) is 14.7. The van der Waals surface area contributed by atoms with Crippen molar-refractivity contribution in [1.29, 1.82) is 0 Å². The molecule has 2 aromatic heterocycles. The van der Waals surface area contributed by atoms with Crippen molar-refractivity contribution in [2.45, 2.75) is 30.4 Å². The van der Waals surface area contributed by atoms with Crippen molar-refractivity contribution in [2.75, 3.05) is 17.2 Å². The summed E-state index contributed by atoms with van der Waals surface area (Å²) in [5.74, 6) is 0.381. The zero-order valence-electron chi connectivity index (χ0n) is 14.6. The van der Waals surface area contributed by atoms with Crippen molar-refractivity contribution in [1.82, 2.24) is 20.2 Å². The van der Waals surface area contributed by atoms with Crippen molar-refractivity contribution in [3.8, 4) is 0 Å². The van der Waals surface area contributed by atoms with Crippen LogP contribution in [0.2, 0.25) is 0 Å². The van der Waals surface area contributed by atoms with Crippen molar-refractivity contribution in [2.24, 2.45) is 5.92 Å². The maximum absolute atomic E-state index is 12.4. The summed E-state index contributed by atoms with van der Waals surface area (Å²) in [7, 11) is 0. The number of aromatic nitrogens is 4. The summed E-state index contributed by atoms with van der Waals surface area (Å²) in [6.07, 6.45) is 0. The second kappa shape index (κ2) is 7.92. The van der Waals surface area contributed by atoms with Crippen molar-refractivity contribution < 1.29 is 4.79 Å². The van der Waals surface area contributed by atoms with E-state index in [1.807, 2.05) is 6.92 Å². The number of carbonyl (C=O) groups excluding carboxylic acids is 1. The lowest BCUT2D eigenvalue weighted by atomic mass is 10.2. The summed E-state index contributed by atoms with van der Waals surface area (Å²) in [5.41, 5.74) is 1.70.